The van der Waals surface area contributed by atoms with Crippen molar-refractivity contribution in [2.45, 2.75) is 36.2 Å². The summed E-state index contributed by atoms with van der Waals surface area (Å²) in [4.78, 5) is 12.2. The van der Waals surface area contributed by atoms with E-state index in [0.717, 1.165) is 12.8 Å². The summed E-state index contributed by atoms with van der Waals surface area (Å²) in [5.74, 6) is -0.778. The molecule has 1 aliphatic carbocycles. The van der Waals surface area contributed by atoms with Crippen molar-refractivity contribution in [3.8, 4) is 0 Å². The Labute approximate surface area is 139 Å². The van der Waals surface area contributed by atoms with Crippen LogP contribution in [0, 0.1) is 5.82 Å². The Morgan fingerprint density at radius 3 is 3.00 bits per heavy atom. The highest BCUT2D eigenvalue weighted by Gasteiger charge is 2.29. The van der Waals surface area contributed by atoms with Crippen molar-refractivity contribution in [2.75, 3.05) is 5.32 Å². The first kappa shape index (κ1) is 15.4. The minimum atomic E-state index is -0.484. The Hall–Kier alpha value is -1.48. The van der Waals surface area contributed by atoms with Crippen LogP contribution in [0.1, 0.15) is 25.8 Å². The molecule has 116 valence electrons. The highest BCUT2D eigenvalue weighted by atomic mass is 79.9. The highest BCUT2D eigenvalue weighted by molar-refractivity contribution is 9.10. The van der Waals surface area contributed by atoms with E-state index in [-0.39, 0.29) is 11.6 Å². The number of thioether (sulfide) groups is 1. The lowest BCUT2D eigenvalue weighted by molar-refractivity contribution is -0.115. The van der Waals surface area contributed by atoms with E-state index < -0.39 is 11.1 Å². The summed E-state index contributed by atoms with van der Waals surface area (Å²) < 4.78 is 16.1. The summed E-state index contributed by atoms with van der Waals surface area (Å²) in [6.07, 6.45) is 2.12. The highest BCUT2D eigenvalue weighted by Crippen LogP contribution is 2.37. The third-order valence-electron chi connectivity index (χ3n) is 3.20. The van der Waals surface area contributed by atoms with Crippen LogP contribution in [0.3, 0.4) is 0 Å². The summed E-state index contributed by atoms with van der Waals surface area (Å²) >= 11 is 4.44. The molecule has 1 heterocycles. The van der Waals surface area contributed by atoms with Crippen LogP contribution in [-0.2, 0) is 4.79 Å². The van der Waals surface area contributed by atoms with Crippen LogP contribution in [0.15, 0.2) is 27.8 Å². The van der Waals surface area contributed by atoms with Crippen LogP contribution < -0.4 is 5.32 Å². The summed E-state index contributed by atoms with van der Waals surface area (Å²) in [7, 11) is 0. The van der Waals surface area contributed by atoms with Gasteiger partial charge in [-0.2, -0.15) is 0 Å². The van der Waals surface area contributed by atoms with E-state index in [2.05, 4.69) is 36.8 Å². The zero-order valence-corrected chi connectivity index (χ0v) is 14.1. The molecule has 1 amide bonds. The maximum atomic E-state index is 13.7. The number of hydrogen-bond acceptors (Lipinski definition) is 5. The van der Waals surface area contributed by atoms with Gasteiger partial charge >= 0.3 is 0 Å². The molecule has 0 radical (unpaired) electrons. The topological polar surface area (TPSA) is 72.7 Å². The second kappa shape index (κ2) is 6.33. The average Bonchev–Trinajstić information content (AvgIpc) is 3.22. The Bertz CT molecular complexity index is 705. The molecule has 6 nitrogen and oxygen atoms in total. The number of nitrogens with one attached hydrogen (secondary N) is 1. The predicted molar refractivity (Wildman–Crippen MR) is 84.1 cm³/mol. The Balaban J connectivity index is 1.65. The van der Waals surface area contributed by atoms with Crippen molar-refractivity contribution >= 4 is 39.3 Å². The van der Waals surface area contributed by atoms with Gasteiger partial charge in [-0.05, 0) is 48.4 Å². The van der Waals surface area contributed by atoms with Crippen LogP contribution in [0.4, 0.5) is 10.1 Å². The maximum absolute atomic E-state index is 13.7. The fraction of sp³-hybridized carbons (Fsp3) is 0.385. The van der Waals surface area contributed by atoms with Crippen molar-refractivity contribution in [2.24, 2.45) is 0 Å². The number of amides is 1. The van der Waals surface area contributed by atoms with Crippen LogP contribution >= 0.6 is 27.7 Å². The summed E-state index contributed by atoms with van der Waals surface area (Å²) in [6.45, 7) is 1.74. The normalized spacial score (nSPS) is 15.6. The molecule has 1 aliphatic rings. The summed E-state index contributed by atoms with van der Waals surface area (Å²) in [5.41, 5.74) is 0.155. The molecule has 0 aliphatic heterocycles. The second-order valence-corrected chi connectivity index (χ2v) is 7.23. The van der Waals surface area contributed by atoms with Gasteiger partial charge in [0, 0.05) is 4.47 Å². The lowest BCUT2D eigenvalue weighted by atomic mass is 10.3. The Morgan fingerprint density at radius 2 is 2.32 bits per heavy atom. The lowest BCUT2D eigenvalue weighted by Gasteiger charge is -2.12. The molecular formula is C13H13BrFN5OS. The van der Waals surface area contributed by atoms with Gasteiger partial charge < -0.3 is 5.32 Å². The number of aromatic nitrogens is 4. The number of carbonyl (C=O) groups is 1. The van der Waals surface area contributed by atoms with E-state index >= 15 is 0 Å². The molecule has 1 saturated carbocycles. The minimum absolute atomic E-state index is 0.155. The van der Waals surface area contributed by atoms with Gasteiger partial charge in [0.1, 0.15) is 5.82 Å². The quantitative estimate of drug-likeness (QED) is 0.800. The molecule has 1 atom stereocenters. The zero-order valence-electron chi connectivity index (χ0n) is 11.7. The fourth-order valence-corrected chi connectivity index (χ4v) is 3.04. The first-order valence-electron chi connectivity index (χ1n) is 6.75. The Morgan fingerprint density at radius 1 is 1.55 bits per heavy atom. The molecule has 0 spiro atoms. The number of halogens is 2. The fourth-order valence-electron chi connectivity index (χ4n) is 1.85. The van der Waals surface area contributed by atoms with E-state index in [1.807, 2.05) is 0 Å². The number of benzene rings is 1. The van der Waals surface area contributed by atoms with Crippen molar-refractivity contribution in [3.05, 3.63) is 28.5 Å². The smallest absolute Gasteiger partial charge is 0.237 e. The Kier molecular flexibility index (Phi) is 4.44. The van der Waals surface area contributed by atoms with E-state index in [1.54, 1.807) is 17.7 Å². The predicted octanol–water partition coefficient (Wildman–Crippen LogP) is 3.03. The van der Waals surface area contributed by atoms with Gasteiger partial charge in [0.15, 0.2) is 0 Å². The van der Waals surface area contributed by atoms with Crippen molar-refractivity contribution in [1.82, 2.24) is 20.2 Å². The van der Waals surface area contributed by atoms with Crippen molar-refractivity contribution < 1.29 is 9.18 Å². The third kappa shape index (κ3) is 3.46. The number of carbonyl (C=O) groups excluding carboxylic acids is 1. The molecule has 1 unspecified atom stereocenters. The molecular weight excluding hydrogens is 373 g/mol. The molecule has 1 fully saturated rings. The number of nitrogens with zero attached hydrogens (tertiary/aromatic N) is 4. The van der Waals surface area contributed by atoms with E-state index in [9.17, 15) is 9.18 Å². The van der Waals surface area contributed by atoms with E-state index in [0.29, 0.717) is 15.7 Å². The lowest BCUT2D eigenvalue weighted by Crippen LogP contribution is -2.23. The first-order valence-corrected chi connectivity index (χ1v) is 8.42. The first-order chi connectivity index (χ1) is 10.5. The maximum Gasteiger partial charge on any atom is 0.237 e. The molecule has 1 aromatic heterocycles. The number of hydrogen-bond donors (Lipinski definition) is 1. The average molecular weight is 386 g/mol. The van der Waals surface area contributed by atoms with Crippen molar-refractivity contribution in [3.63, 3.8) is 0 Å². The van der Waals surface area contributed by atoms with Gasteiger partial charge in [-0.1, -0.05) is 27.7 Å². The summed E-state index contributed by atoms with van der Waals surface area (Å²) in [6, 6.07) is 4.84. The van der Waals surface area contributed by atoms with Crippen molar-refractivity contribution in [1.29, 1.82) is 0 Å². The molecule has 0 bridgehead atoms. The molecule has 0 saturated heterocycles. The molecule has 22 heavy (non-hydrogen) atoms. The second-order valence-electron chi connectivity index (χ2n) is 5.01. The summed E-state index contributed by atoms with van der Waals surface area (Å²) in [5, 5.41) is 14.3. The molecule has 2 aromatic rings. The van der Waals surface area contributed by atoms with Gasteiger partial charge in [-0.15, -0.1) is 5.10 Å². The van der Waals surface area contributed by atoms with Gasteiger partial charge in [0.05, 0.1) is 17.0 Å². The third-order valence-corrected chi connectivity index (χ3v) is 4.74. The van der Waals surface area contributed by atoms with Gasteiger partial charge in [-0.25, -0.2) is 9.07 Å². The van der Waals surface area contributed by atoms with Gasteiger partial charge in [0.2, 0.25) is 11.1 Å². The number of tetrazole rings is 1. The van der Waals surface area contributed by atoms with Crippen LogP contribution in [-0.4, -0.2) is 31.4 Å². The van der Waals surface area contributed by atoms with Crippen LogP contribution in [0.2, 0.25) is 0 Å². The monoisotopic (exact) mass is 385 g/mol. The van der Waals surface area contributed by atoms with E-state index in [1.165, 1.54) is 23.9 Å². The van der Waals surface area contributed by atoms with Crippen LogP contribution in [0.25, 0.3) is 0 Å². The van der Waals surface area contributed by atoms with Gasteiger partial charge in [0.25, 0.3) is 0 Å². The van der Waals surface area contributed by atoms with Crippen LogP contribution in [0.5, 0.6) is 0 Å². The zero-order chi connectivity index (χ0) is 15.7. The number of rotatable bonds is 5. The molecule has 1 aromatic carbocycles. The SMILES string of the molecule is CC(Sc1nnnn1C1CC1)C(=O)Nc1ccc(Br)cc1F. The number of anilines is 1. The minimum Gasteiger partial charge on any atom is -0.323 e. The standard InChI is InChI=1S/C13H13BrFN5OS/c1-7(22-13-17-18-19-20(13)9-3-4-9)12(21)16-11-5-2-8(14)6-10(11)15/h2,5-7,9H,3-4H2,1H3,(H,16,21). The molecule has 3 rings (SSSR count). The van der Waals surface area contributed by atoms with E-state index in [4.69, 9.17) is 0 Å². The van der Waals surface area contributed by atoms with Gasteiger partial charge in [-0.3, -0.25) is 4.79 Å². The molecule has 1 N–H and O–H groups in total. The molecule has 9 heteroatoms. The largest absolute Gasteiger partial charge is 0.323 e.